The van der Waals surface area contributed by atoms with Crippen molar-refractivity contribution in [2.45, 2.75) is 46.7 Å². The molecule has 0 aliphatic heterocycles. The van der Waals surface area contributed by atoms with Gasteiger partial charge in [-0.3, -0.25) is 0 Å². The predicted octanol–water partition coefficient (Wildman–Crippen LogP) is 1.98. The number of quaternary nitrogens is 1. The molecular weight excluding hydrogens is 186 g/mol. The van der Waals surface area contributed by atoms with Gasteiger partial charge in [0.15, 0.2) is 0 Å². The first kappa shape index (κ1) is 12.2. The summed E-state index contributed by atoms with van der Waals surface area (Å²) in [4.78, 5) is 0. The summed E-state index contributed by atoms with van der Waals surface area (Å²) in [6.07, 6.45) is 0. The smallest absolute Gasteiger partial charge is 0.103 e. The Balaban J connectivity index is 2.90. The maximum absolute atomic E-state index is 11.9. The maximum Gasteiger partial charge on any atom is 0.103 e. The largest absolute Gasteiger partial charge is 0.634 e. The van der Waals surface area contributed by atoms with E-state index in [1.54, 1.807) is 0 Å². The summed E-state index contributed by atoms with van der Waals surface area (Å²) in [6, 6.07) is 6.17. The molecule has 2 nitrogen and oxygen atoms in total. The van der Waals surface area contributed by atoms with Crippen LogP contribution in [0, 0.1) is 19.1 Å². The highest BCUT2D eigenvalue weighted by Gasteiger charge is 2.19. The number of hydrogen-bond donors (Lipinski definition) is 1. The molecule has 0 aromatic heterocycles. The van der Waals surface area contributed by atoms with Crippen molar-refractivity contribution in [2.24, 2.45) is 0 Å². The second-order valence-electron chi connectivity index (χ2n) is 5.22. The average Bonchev–Trinajstić information content (AvgIpc) is 2.09. The normalized spacial score (nSPS) is 14.0. The van der Waals surface area contributed by atoms with Gasteiger partial charge in [-0.1, -0.05) is 18.2 Å². The fraction of sp³-hybridized carbons (Fsp3) is 0.538. The van der Waals surface area contributed by atoms with Crippen molar-refractivity contribution >= 4 is 0 Å². The highest BCUT2D eigenvalue weighted by molar-refractivity contribution is 5.32. The fourth-order valence-corrected chi connectivity index (χ4v) is 1.55. The highest BCUT2D eigenvalue weighted by atomic mass is 16.5. The third kappa shape index (κ3) is 3.05. The lowest BCUT2D eigenvalue weighted by atomic mass is 10.0. The topological polar surface area (TPSA) is 27.5 Å². The van der Waals surface area contributed by atoms with E-state index in [1.165, 1.54) is 16.7 Å². The number of benzene rings is 1. The van der Waals surface area contributed by atoms with Crippen LogP contribution < -0.4 is 5.06 Å². The second kappa shape index (κ2) is 4.33. The summed E-state index contributed by atoms with van der Waals surface area (Å²) in [7, 11) is 0. The Labute approximate surface area is 92.5 Å². The maximum atomic E-state index is 11.9. The molecule has 0 fully saturated rings. The van der Waals surface area contributed by atoms with Crippen LogP contribution in [0.3, 0.4) is 0 Å². The van der Waals surface area contributed by atoms with Gasteiger partial charge >= 0.3 is 0 Å². The van der Waals surface area contributed by atoms with E-state index in [2.05, 4.69) is 26.0 Å². The molecule has 1 aromatic carbocycles. The number of nitrogens with one attached hydrogen (secondary N) is 1. The van der Waals surface area contributed by atoms with Gasteiger partial charge in [0, 0.05) is 5.56 Å². The summed E-state index contributed by atoms with van der Waals surface area (Å²) in [5, 5.41) is 12.2. The Kier molecular flexibility index (Phi) is 3.53. The van der Waals surface area contributed by atoms with E-state index in [4.69, 9.17) is 0 Å². The van der Waals surface area contributed by atoms with Crippen LogP contribution in [0.25, 0.3) is 0 Å². The first-order chi connectivity index (χ1) is 6.82. The molecule has 2 heteroatoms. The van der Waals surface area contributed by atoms with Gasteiger partial charge in [0.05, 0.1) is 5.54 Å². The molecule has 0 radical (unpaired) electrons. The zero-order valence-electron chi connectivity index (χ0n) is 10.3. The molecule has 1 atom stereocenters. The third-order valence-electron chi connectivity index (χ3n) is 2.82. The van der Waals surface area contributed by atoms with E-state index in [9.17, 15) is 5.21 Å². The molecule has 0 saturated heterocycles. The standard InChI is InChI=1S/C13H21NO/c1-10-7-6-8-11(2)12(10)9-14(15)13(3,4)5/h6-8,14H,9H2,1-5H3. The summed E-state index contributed by atoms with van der Waals surface area (Å²) in [6.45, 7) is 10.6. The Bertz CT molecular complexity index is 319. The third-order valence-corrected chi connectivity index (χ3v) is 2.82. The minimum absolute atomic E-state index is 0.241. The zero-order valence-corrected chi connectivity index (χ0v) is 10.3. The van der Waals surface area contributed by atoms with Crippen molar-refractivity contribution in [1.82, 2.24) is 0 Å². The molecule has 0 spiro atoms. The van der Waals surface area contributed by atoms with Crippen molar-refractivity contribution < 1.29 is 5.06 Å². The van der Waals surface area contributed by atoms with Crippen molar-refractivity contribution in [1.29, 1.82) is 0 Å². The van der Waals surface area contributed by atoms with Crippen LogP contribution in [0.15, 0.2) is 18.2 Å². The van der Waals surface area contributed by atoms with Crippen molar-refractivity contribution in [3.8, 4) is 0 Å². The number of hydrogen-bond acceptors (Lipinski definition) is 1. The summed E-state index contributed by atoms with van der Waals surface area (Å²) >= 11 is 0. The molecule has 15 heavy (non-hydrogen) atoms. The number of rotatable bonds is 2. The van der Waals surface area contributed by atoms with E-state index in [-0.39, 0.29) is 5.54 Å². The molecule has 1 N–H and O–H groups in total. The molecule has 1 unspecified atom stereocenters. The van der Waals surface area contributed by atoms with Crippen LogP contribution in [0.5, 0.6) is 0 Å². The van der Waals surface area contributed by atoms with Gasteiger partial charge in [-0.25, -0.2) is 0 Å². The van der Waals surface area contributed by atoms with E-state index in [1.807, 2.05) is 26.8 Å². The Hall–Kier alpha value is -0.860. The molecule has 0 heterocycles. The highest BCUT2D eigenvalue weighted by Crippen LogP contribution is 2.12. The van der Waals surface area contributed by atoms with Crippen molar-refractivity contribution in [3.05, 3.63) is 40.1 Å². The van der Waals surface area contributed by atoms with Gasteiger partial charge in [0.25, 0.3) is 0 Å². The summed E-state index contributed by atoms with van der Waals surface area (Å²) < 4.78 is 0. The number of hydroxylamine groups is 2. The van der Waals surface area contributed by atoms with Crippen LogP contribution in [0.4, 0.5) is 0 Å². The molecule has 0 aliphatic carbocycles. The molecule has 0 saturated carbocycles. The number of aryl methyl sites for hydroxylation is 2. The van der Waals surface area contributed by atoms with Crippen LogP contribution in [0.1, 0.15) is 37.5 Å². The lowest BCUT2D eigenvalue weighted by Gasteiger charge is -2.36. The molecule has 1 aromatic rings. The van der Waals surface area contributed by atoms with Crippen LogP contribution in [0.2, 0.25) is 0 Å². The molecule has 1 rings (SSSR count). The van der Waals surface area contributed by atoms with Gasteiger partial charge < -0.3 is 10.3 Å². The Morgan fingerprint density at radius 1 is 1.13 bits per heavy atom. The minimum atomic E-state index is -0.241. The van der Waals surface area contributed by atoms with Crippen LogP contribution in [-0.4, -0.2) is 5.54 Å². The zero-order chi connectivity index (χ0) is 11.6. The van der Waals surface area contributed by atoms with Gasteiger partial charge in [-0.15, -0.1) is 0 Å². The molecule has 0 amide bonds. The molecular formula is C13H21NO. The van der Waals surface area contributed by atoms with Crippen LogP contribution in [-0.2, 0) is 6.54 Å². The Morgan fingerprint density at radius 2 is 1.60 bits per heavy atom. The van der Waals surface area contributed by atoms with Crippen molar-refractivity contribution in [2.75, 3.05) is 0 Å². The second-order valence-corrected chi connectivity index (χ2v) is 5.22. The first-order valence-electron chi connectivity index (χ1n) is 5.41. The summed E-state index contributed by atoms with van der Waals surface area (Å²) in [5.41, 5.74) is 3.38. The van der Waals surface area contributed by atoms with E-state index < -0.39 is 0 Å². The van der Waals surface area contributed by atoms with E-state index in [0.29, 0.717) is 11.6 Å². The molecule has 0 aliphatic rings. The van der Waals surface area contributed by atoms with Crippen LogP contribution >= 0.6 is 0 Å². The quantitative estimate of drug-likeness (QED) is 0.738. The summed E-state index contributed by atoms with van der Waals surface area (Å²) in [5.74, 6) is 0. The predicted molar refractivity (Wildman–Crippen MR) is 63.7 cm³/mol. The molecule has 84 valence electrons. The van der Waals surface area contributed by atoms with Gasteiger partial charge in [-0.2, -0.15) is 0 Å². The van der Waals surface area contributed by atoms with Gasteiger partial charge in [-0.05, 0) is 45.7 Å². The van der Waals surface area contributed by atoms with Gasteiger partial charge in [0.1, 0.15) is 6.54 Å². The minimum Gasteiger partial charge on any atom is -0.634 e. The van der Waals surface area contributed by atoms with Gasteiger partial charge in [0.2, 0.25) is 0 Å². The van der Waals surface area contributed by atoms with E-state index in [0.717, 1.165) is 0 Å². The van der Waals surface area contributed by atoms with Crippen molar-refractivity contribution in [3.63, 3.8) is 0 Å². The first-order valence-corrected chi connectivity index (χ1v) is 5.41. The average molecular weight is 207 g/mol. The Morgan fingerprint density at radius 3 is 2.00 bits per heavy atom. The lowest BCUT2D eigenvalue weighted by molar-refractivity contribution is -0.912. The lowest BCUT2D eigenvalue weighted by Crippen LogP contribution is -3.13. The molecule has 0 bridgehead atoms. The SMILES string of the molecule is Cc1cccc(C)c1C[NH+]([O-])C(C)(C)C. The monoisotopic (exact) mass is 207 g/mol. The van der Waals surface area contributed by atoms with E-state index >= 15 is 0 Å². The fourth-order valence-electron chi connectivity index (χ4n) is 1.55.